The van der Waals surface area contributed by atoms with Crippen molar-refractivity contribution in [3.63, 3.8) is 0 Å². The van der Waals surface area contributed by atoms with Crippen LogP contribution in [0.3, 0.4) is 0 Å². The van der Waals surface area contributed by atoms with Gasteiger partial charge in [0.15, 0.2) is 11.2 Å². The molecule has 0 unspecified atom stereocenters. The van der Waals surface area contributed by atoms with Crippen molar-refractivity contribution < 1.29 is 8.83 Å². The van der Waals surface area contributed by atoms with Gasteiger partial charge in [-0.2, -0.15) is 0 Å². The zero-order chi connectivity index (χ0) is 30.9. The van der Waals surface area contributed by atoms with E-state index in [1.807, 2.05) is 30.5 Å². The van der Waals surface area contributed by atoms with Crippen LogP contribution in [0, 0.1) is 0 Å². The summed E-state index contributed by atoms with van der Waals surface area (Å²) in [5.41, 5.74) is 11.8. The quantitative estimate of drug-likeness (QED) is 0.201. The van der Waals surface area contributed by atoms with Crippen molar-refractivity contribution in [3.05, 3.63) is 152 Å². The van der Waals surface area contributed by atoms with Gasteiger partial charge in [0.2, 0.25) is 0 Å². The minimum atomic E-state index is 0.768. The summed E-state index contributed by atoms with van der Waals surface area (Å²) in [6, 6.07) is 48.3. The molecular weight excluding hydrogens is 578 g/mol. The molecule has 6 aromatic carbocycles. The zero-order valence-electron chi connectivity index (χ0n) is 25.1. The molecule has 0 atom stereocenters. The van der Waals surface area contributed by atoms with E-state index >= 15 is 0 Å². The van der Waals surface area contributed by atoms with E-state index in [1.54, 1.807) is 6.20 Å². The van der Waals surface area contributed by atoms with Crippen LogP contribution in [-0.4, -0.2) is 14.5 Å². The molecule has 0 aliphatic rings. The van der Waals surface area contributed by atoms with Gasteiger partial charge in [0.25, 0.3) is 0 Å². The van der Waals surface area contributed by atoms with Gasteiger partial charge >= 0.3 is 0 Å². The van der Waals surface area contributed by atoms with E-state index in [0.717, 1.165) is 94.2 Å². The van der Waals surface area contributed by atoms with Crippen LogP contribution in [0.1, 0.15) is 0 Å². The van der Waals surface area contributed by atoms with E-state index < -0.39 is 0 Å². The average molecular weight is 604 g/mol. The number of rotatable bonds is 4. The fourth-order valence-corrected chi connectivity index (χ4v) is 6.83. The molecule has 4 aromatic heterocycles. The smallest absolute Gasteiger partial charge is 0.178 e. The summed E-state index contributed by atoms with van der Waals surface area (Å²) >= 11 is 0. The topological polar surface area (TPSA) is 57.0 Å². The highest BCUT2D eigenvalue weighted by atomic mass is 16.4. The second-order valence-electron chi connectivity index (χ2n) is 11.9. The second-order valence-corrected chi connectivity index (χ2v) is 11.9. The molecule has 5 heteroatoms. The van der Waals surface area contributed by atoms with Crippen molar-refractivity contribution in [1.82, 2.24) is 14.5 Å². The summed E-state index contributed by atoms with van der Waals surface area (Å²) in [4.78, 5) is 9.28. The molecule has 0 aliphatic carbocycles. The van der Waals surface area contributed by atoms with E-state index in [2.05, 4.69) is 125 Å². The molecule has 0 bridgehead atoms. The van der Waals surface area contributed by atoms with Crippen molar-refractivity contribution in [2.24, 2.45) is 0 Å². The predicted octanol–water partition coefficient (Wildman–Crippen LogP) is 11.2. The minimum absolute atomic E-state index is 0.768. The summed E-state index contributed by atoms with van der Waals surface area (Å²) in [5.74, 6) is 0.927. The molecule has 10 aromatic rings. The fourth-order valence-electron chi connectivity index (χ4n) is 6.83. The van der Waals surface area contributed by atoms with Gasteiger partial charge in [0, 0.05) is 50.8 Å². The van der Waals surface area contributed by atoms with Crippen molar-refractivity contribution in [3.8, 4) is 39.3 Å². The highest BCUT2D eigenvalue weighted by Crippen LogP contribution is 2.41. The number of para-hydroxylation sites is 2. The molecule has 0 radical (unpaired) electrons. The normalized spacial score (nSPS) is 11.8. The maximum absolute atomic E-state index is 6.45. The van der Waals surface area contributed by atoms with Crippen molar-refractivity contribution >= 4 is 54.9 Å². The molecule has 0 saturated heterocycles. The molecule has 0 saturated carbocycles. The fraction of sp³-hybridized carbons (Fsp3) is 0. The number of fused-ring (bicyclic) bond motifs is 8. The maximum atomic E-state index is 6.45. The molecule has 220 valence electrons. The van der Waals surface area contributed by atoms with Gasteiger partial charge < -0.3 is 8.83 Å². The van der Waals surface area contributed by atoms with E-state index in [4.69, 9.17) is 13.8 Å². The van der Waals surface area contributed by atoms with Gasteiger partial charge in [0.05, 0.1) is 11.0 Å². The first-order valence-corrected chi connectivity index (χ1v) is 15.6. The third-order valence-electron chi connectivity index (χ3n) is 9.12. The molecule has 0 aliphatic heterocycles. The van der Waals surface area contributed by atoms with E-state index in [9.17, 15) is 0 Å². The Morgan fingerprint density at radius 3 is 1.77 bits per heavy atom. The number of hydrogen-bond donors (Lipinski definition) is 0. The predicted molar refractivity (Wildman–Crippen MR) is 190 cm³/mol. The lowest BCUT2D eigenvalue weighted by atomic mass is 10.0. The van der Waals surface area contributed by atoms with Crippen molar-refractivity contribution in [2.75, 3.05) is 0 Å². The standard InChI is InChI=1S/C42H25N3O2/c1-2-7-27(8-3-1)42-44-36-10-4-5-11-37(36)45(42)31-16-12-26(13-17-31)28-14-20-38-34(23-28)32-18-19-33-35-24-29(30-9-6-22-43-25-30)15-21-39(35)47-41(33)40(32)46-38/h1-25H. The minimum Gasteiger partial charge on any atom is -0.452 e. The largest absolute Gasteiger partial charge is 0.452 e. The highest BCUT2D eigenvalue weighted by Gasteiger charge is 2.18. The number of benzene rings is 6. The third kappa shape index (κ3) is 4.03. The number of nitrogens with zero attached hydrogens (tertiary/aromatic N) is 3. The molecular formula is C42H25N3O2. The van der Waals surface area contributed by atoms with Crippen molar-refractivity contribution in [2.45, 2.75) is 0 Å². The Hall–Kier alpha value is -6.46. The molecule has 0 fully saturated rings. The summed E-state index contributed by atoms with van der Waals surface area (Å²) in [5, 5.41) is 4.20. The van der Waals surface area contributed by atoms with Crippen molar-refractivity contribution in [1.29, 1.82) is 0 Å². The summed E-state index contributed by atoms with van der Waals surface area (Å²) < 4.78 is 15.1. The van der Waals surface area contributed by atoms with Gasteiger partial charge in [-0.3, -0.25) is 9.55 Å². The molecule has 10 rings (SSSR count). The van der Waals surface area contributed by atoms with E-state index in [-0.39, 0.29) is 0 Å². The average Bonchev–Trinajstić information content (AvgIpc) is 3.83. The van der Waals surface area contributed by atoms with Crippen LogP contribution in [0.4, 0.5) is 0 Å². The lowest BCUT2D eigenvalue weighted by Crippen LogP contribution is -1.97. The van der Waals surface area contributed by atoms with Crippen LogP contribution in [0.15, 0.2) is 161 Å². The summed E-state index contributed by atoms with van der Waals surface area (Å²) in [7, 11) is 0. The molecule has 0 spiro atoms. The molecule has 5 nitrogen and oxygen atoms in total. The first-order valence-electron chi connectivity index (χ1n) is 15.6. The van der Waals surface area contributed by atoms with Crippen LogP contribution >= 0.6 is 0 Å². The van der Waals surface area contributed by atoms with E-state index in [0.29, 0.717) is 0 Å². The van der Waals surface area contributed by atoms with Gasteiger partial charge in [0.1, 0.15) is 17.0 Å². The van der Waals surface area contributed by atoms with E-state index in [1.165, 1.54) is 0 Å². The number of pyridine rings is 1. The molecule has 0 N–H and O–H groups in total. The third-order valence-corrected chi connectivity index (χ3v) is 9.12. The van der Waals surface area contributed by atoms with Crippen LogP contribution in [0.2, 0.25) is 0 Å². The van der Waals surface area contributed by atoms with Gasteiger partial charge in [-0.25, -0.2) is 4.98 Å². The Kier molecular flexibility index (Phi) is 5.51. The monoisotopic (exact) mass is 603 g/mol. The number of hydrogen-bond acceptors (Lipinski definition) is 4. The molecule has 4 heterocycles. The number of aromatic nitrogens is 3. The lowest BCUT2D eigenvalue weighted by molar-refractivity contribution is 0.633. The Labute approximate surface area is 269 Å². The first kappa shape index (κ1) is 25.8. The molecule has 0 amide bonds. The first-order chi connectivity index (χ1) is 23.3. The van der Waals surface area contributed by atoms with Crippen LogP contribution < -0.4 is 0 Å². The van der Waals surface area contributed by atoms with Gasteiger partial charge in [-0.15, -0.1) is 0 Å². The lowest BCUT2D eigenvalue weighted by Gasteiger charge is -2.11. The summed E-state index contributed by atoms with van der Waals surface area (Å²) in [6.45, 7) is 0. The molecule has 47 heavy (non-hydrogen) atoms. The summed E-state index contributed by atoms with van der Waals surface area (Å²) in [6.07, 6.45) is 3.67. The van der Waals surface area contributed by atoms with Crippen LogP contribution in [-0.2, 0) is 0 Å². The van der Waals surface area contributed by atoms with Gasteiger partial charge in [-0.05, 0) is 83.4 Å². The van der Waals surface area contributed by atoms with Gasteiger partial charge in [-0.1, -0.05) is 72.8 Å². The highest BCUT2D eigenvalue weighted by molar-refractivity contribution is 6.19. The zero-order valence-corrected chi connectivity index (χ0v) is 25.1. The SMILES string of the molecule is c1ccc(-c2nc3ccccc3n2-c2ccc(-c3ccc4oc5c(ccc6c7cc(-c8cccnc8)ccc7oc65)c4c3)cc2)cc1. The van der Waals surface area contributed by atoms with Crippen LogP contribution in [0.5, 0.6) is 0 Å². The van der Waals surface area contributed by atoms with Crippen LogP contribution in [0.25, 0.3) is 94.2 Å². The Morgan fingerprint density at radius 2 is 1.09 bits per heavy atom. The number of furan rings is 2. The Morgan fingerprint density at radius 1 is 0.468 bits per heavy atom. The Bertz CT molecular complexity index is 2770. The number of imidazole rings is 1. The maximum Gasteiger partial charge on any atom is 0.178 e. The second kappa shape index (κ2) is 10.0. The Balaban J connectivity index is 1.06.